The highest BCUT2D eigenvalue weighted by Gasteiger charge is 2.36. The molecule has 0 aliphatic heterocycles. The quantitative estimate of drug-likeness (QED) is 0.897. The number of aromatic nitrogens is 1. The van der Waals surface area contributed by atoms with Crippen molar-refractivity contribution in [2.24, 2.45) is 5.92 Å². The van der Waals surface area contributed by atoms with Gasteiger partial charge in [0.2, 0.25) is 0 Å². The fourth-order valence-corrected chi connectivity index (χ4v) is 2.26. The van der Waals surface area contributed by atoms with Crippen molar-refractivity contribution in [3.63, 3.8) is 0 Å². The van der Waals surface area contributed by atoms with Crippen LogP contribution in [-0.4, -0.2) is 24.0 Å². The molecule has 1 aliphatic carbocycles. The van der Waals surface area contributed by atoms with E-state index in [1.165, 1.54) is 0 Å². The first-order valence-corrected chi connectivity index (χ1v) is 6.59. The second-order valence-corrected chi connectivity index (χ2v) is 5.20. The Hall–Kier alpha value is -1.10. The van der Waals surface area contributed by atoms with Gasteiger partial charge in [0.15, 0.2) is 0 Å². The van der Waals surface area contributed by atoms with Gasteiger partial charge in [-0.3, -0.25) is 4.79 Å². The van der Waals surface area contributed by atoms with Crippen LogP contribution in [0.1, 0.15) is 30.1 Å². The van der Waals surface area contributed by atoms with E-state index in [-0.39, 0.29) is 5.91 Å². The summed E-state index contributed by atoms with van der Waals surface area (Å²) in [5.74, 6) is 1.21. The lowest BCUT2D eigenvalue weighted by Crippen LogP contribution is -2.27. The number of nitrogens with one attached hydrogen (secondary N) is 2. The SMILES string of the molecule is CCC1CC1NC(=O)c1cc(Br)cnc1NC. The number of nitrogens with zero attached hydrogens (tertiary/aromatic N) is 1. The van der Waals surface area contributed by atoms with Crippen LogP contribution in [0.15, 0.2) is 16.7 Å². The molecule has 0 spiro atoms. The van der Waals surface area contributed by atoms with Crippen LogP contribution in [0.3, 0.4) is 0 Å². The number of halogens is 1. The molecule has 2 N–H and O–H groups in total. The fourth-order valence-electron chi connectivity index (χ4n) is 1.93. The summed E-state index contributed by atoms with van der Waals surface area (Å²) >= 11 is 3.33. The first kappa shape index (κ1) is 12.4. The topological polar surface area (TPSA) is 54.0 Å². The van der Waals surface area contributed by atoms with Crippen LogP contribution in [0, 0.1) is 5.92 Å². The lowest BCUT2D eigenvalue weighted by atomic mass is 10.2. The van der Waals surface area contributed by atoms with Crippen molar-refractivity contribution in [1.29, 1.82) is 0 Å². The molecule has 1 saturated carbocycles. The van der Waals surface area contributed by atoms with Crippen molar-refractivity contribution in [2.45, 2.75) is 25.8 Å². The maximum absolute atomic E-state index is 12.1. The molecule has 2 atom stereocenters. The number of amides is 1. The van der Waals surface area contributed by atoms with Crippen LogP contribution in [0.4, 0.5) is 5.82 Å². The summed E-state index contributed by atoms with van der Waals surface area (Å²) < 4.78 is 0.810. The first-order chi connectivity index (χ1) is 8.15. The standard InChI is InChI=1S/C12H16BrN3O/c1-3-7-4-10(7)16-12(17)9-5-8(13)6-15-11(9)14-2/h5-7,10H,3-4H2,1-2H3,(H,14,15)(H,16,17). The summed E-state index contributed by atoms with van der Waals surface area (Å²) in [6, 6.07) is 2.13. The average molecular weight is 298 g/mol. The molecule has 5 heteroatoms. The van der Waals surface area contributed by atoms with E-state index in [1.807, 2.05) is 0 Å². The predicted molar refractivity (Wildman–Crippen MR) is 71.1 cm³/mol. The maximum Gasteiger partial charge on any atom is 0.255 e. The Morgan fingerprint density at radius 1 is 1.65 bits per heavy atom. The lowest BCUT2D eigenvalue weighted by molar-refractivity contribution is 0.0949. The van der Waals surface area contributed by atoms with Crippen LogP contribution in [0.25, 0.3) is 0 Å². The zero-order valence-electron chi connectivity index (χ0n) is 9.96. The third kappa shape index (κ3) is 2.77. The lowest BCUT2D eigenvalue weighted by Gasteiger charge is -2.09. The van der Waals surface area contributed by atoms with Crippen LogP contribution in [-0.2, 0) is 0 Å². The Morgan fingerprint density at radius 3 is 3.00 bits per heavy atom. The van der Waals surface area contributed by atoms with E-state index in [2.05, 4.69) is 38.5 Å². The smallest absolute Gasteiger partial charge is 0.255 e. The highest BCUT2D eigenvalue weighted by Crippen LogP contribution is 2.33. The van der Waals surface area contributed by atoms with Crippen molar-refractivity contribution >= 4 is 27.7 Å². The van der Waals surface area contributed by atoms with Gasteiger partial charge >= 0.3 is 0 Å². The van der Waals surface area contributed by atoms with E-state index < -0.39 is 0 Å². The van der Waals surface area contributed by atoms with Gasteiger partial charge in [0.05, 0.1) is 5.56 Å². The largest absolute Gasteiger partial charge is 0.372 e. The van der Waals surface area contributed by atoms with Crippen molar-refractivity contribution in [3.05, 3.63) is 22.3 Å². The Bertz CT molecular complexity index is 436. The van der Waals surface area contributed by atoms with Crippen molar-refractivity contribution in [3.8, 4) is 0 Å². The third-order valence-electron chi connectivity index (χ3n) is 3.10. The minimum atomic E-state index is -0.0518. The molecule has 0 radical (unpaired) electrons. The van der Waals surface area contributed by atoms with E-state index in [1.54, 1.807) is 19.3 Å². The minimum Gasteiger partial charge on any atom is -0.372 e. The van der Waals surface area contributed by atoms with Crippen molar-refractivity contribution in [2.75, 3.05) is 12.4 Å². The van der Waals surface area contributed by atoms with Gasteiger partial charge in [-0.05, 0) is 34.3 Å². The third-order valence-corrected chi connectivity index (χ3v) is 3.53. The van der Waals surface area contributed by atoms with E-state index in [9.17, 15) is 4.79 Å². The Labute approximate surface area is 109 Å². The number of anilines is 1. The zero-order chi connectivity index (χ0) is 12.4. The van der Waals surface area contributed by atoms with Crippen LogP contribution in [0.2, 0.25) is 0 Å². The number of pyridine rings is 1. The molecule has 1 aromatic heterocycles. The summed E-state index contributed by atoms with van der Waals surface area (Å²) in [4.78, 5) is 16.2. The average Bonchev–Trinajstić information content (AvgIpc) is 3.07. The van der Waals surface area contributed by atoms with Crippen LogP contribution in [0.5, 0.6) is 0 Å². The maximum atomic E-state index is 12.1. The van der Waals surface area contributed by atoms with E-state index in [0.717, 1.165) is 17.3 Å². The fraction of sp³-hybridized carbons (Fsp3) is 0.500. The number of carbonyl (C=O) groups is 1. The summed E-state index contributed by atoms with van der Waals surface area (Å²) in [6.45, 7) is 2.15. The number of carbonyl (C=O) groups excluding carboxylic acids is 1. The molecule has 1 aromatic rings. The van der Waals surface area contributed by atoms with Gasteiger partial charge in [-0.25, -0.2) is 4.98 Å². The van der Waals surface area contributed by atoms with E-state index in [4.69, 9.17) is 0 Å². The summed E-state index contributed by atoms with van der Waals surface area (Å²) in [7, 11) is 1.76. The van der Waals surface area contributed by atoms with E-state index >= 15 is 0 Å². The Morgan fingerprint density at radius 2 is 2.41 bits per heavy atom. The van der Waals surface area contributed by atoms with Crippen LogP contribution >= 0.6 is 15.9 Å². The molecule has 1 amide bonds. The number of hydrogen-bond acceptors (Lipinski definition) is 3. The molecule has 92 valence electrons. The second-order valence-electron chi connectivity index (χ2n) is 4.28. The normalized spacial score (nSPS) is 22.1. The molecular formula is C12H16BrN3O. The first-order valence-electron chi connectivity index (χ1n) is 5.79. The van der Waals surface area contributed by atoms with Gasteiger partial charge < -0.3 is 10.6 Å². The predicted octanol–water partition coefficient (Wildman–Crippen LogP) is 2.41. The summed E-state index contributed by atoms with van der Waals surface area (Å²) in [6.07, 6.45) is 3.90. The molecule has 2 rings (SSSR count). The molecule has 17 heavy (non-hydrogen) atoms. The second kappa shape index (κ2) is 5.04. The van der Waals surface area contributed by atoms with Crippen molar-refractivity contribution in [1.82, 2.24) is 10.3 Å². The number of hydrogen-bond donors (Lipinski definition) is 2. The molecule has 0 aromatic carbocycles. The van der Waals surface area contributed by atoms with Gasteiger partial charge in [-0.1, -0.05) is 13.3 Å². The molecule has 1 heterocycles. The Balaban J connectivity index is 2.10. The van der Waals surface area contributed by atoms with Crippen LogP contribution < -0.4 is 10.6 Å². The Kier molecular flexibility index (Phi) is 3.66. The highest BCUT2D eigenvalue weighted by atomic mass is 79.9. The molecule has 1 fully saturated rings. The molecule has 1 aliphatic rings. The van der Waals surface area contributed by atoms with Crippen molar-refractivity contribution < 1.29 is 4.79 Å². The molecular weight excluding hydrogens is 282 g/mol. The van der Waals surface area contributed by atoms with E-state index in [0.29, 0.717) is 23.3 Å². The van der Waals surface area contributed by atoms with Gasteiger partial charge in [0.25, 0.3) is 5.91 Å². The minimum absolute atomic E-state index is 0.0518. The van der Waals surface area contributed by atoms with Gasteiger partial charge in [0.1, 0.15) is 5.82 Å². The summed E-state index contributed by atoms with van der Waals surface area (Å²) in [5, 5.41) is 5.96. The molecule has 0 saturated heterocycles. The molecule has 0 bridgehead atoms. The van der Waals surface area contributed by atoms with Gasteiger partial charge in [0, 0.05) is 23.8 Å². The van der Waals surface area contributed by atoms with Gasteiger partial charge in [-0.15, -0.1) is 0 Å². The number of rotatable bonds is 4. The highest BCUT2D eigenvalue weighted by molar-refractivity contribution is 9.10. The monoisotopic (exact) mass is 297 g/mol. The molecule has 2 unspecified atom stereocenters. The summed E-state index contributed by atoms with van der Waals surface area (Å²) in [5.41, 5.74) is 0.587. The zero-order valence-corrected chi connectivity index (χ0v) is 11.5. The van der Waals surface area contributed by atoms with Gasteiger partial charge in [-0.2, -0.15) is 0 Å². The molecule has 4 nitrogen and oxygen atoms in total.